The number of rotatable bonds is 3. The third-order valence-electron chi connectivity index (χ3n) is 1.44. The first-order chi connectivity index (χ1) is 3.88. The fourth-order valence-electron chi connectivity index (χ4n) is 0.878. The van der Waals surface area contributed by atoms with E-state index in [2.05, 4.69) is 6.92 Å². The van der Waals surface area contributed by atoms with Gasteiger partial charge in [0.2, 0.25) is 0 Å². The van der Waals surface area contributed by atoms with Crippen molar-refractivity contribution in [3.8, 4) is 0 Å². The van der Waals surface area contributed by atoms with E-state index in [4.69, 9.17) is 9.84 Å². The second-order valence-corrected chi connectivity index (χ2v) is 2.18. The number of epoxide rings is 1. The van der Waals surface area contributed by atoms with Gasteiger partial charge in [0, 0.05) is 0 Å². The zero-order chi connectivity index (χ0) is 5.98. The number of hydrogen-bond donors (Lipinski definition) is 1. The summed E-state index contributed by atoms with van der Waals surface area (Å²) in [4.78, 5) is 0. The standard InChI is InChI=1S/C6H12O2/c1-2-3-5-6(4-7)8-5/h5-7H,2-4H2,1H3/t5-,6+/m1/s1. The van der Waals surface area contributed by atoms with Gasteiger partial charge in [-0.2, -0.15) is 0 Å². The summed E-state index contributed by atoms with van der Waals surface area (Å²) in [5.41, 5.74) is 0. The van der Waals surface area contributed by atoms with Gasteiger partial charge in [0.15, 0.2) is 0 Å². The Morgan fingerprint density at radius 3 is 2.62 bits per heavy atom. The normalized spacial score (nSPS) is 35.2. The van der Waals surface area contributed by atoms with Crippen LogP contribution in [0.25, 0.3) is 0 Å². The van der Waals surface area contributed by atoms with E-state index in [0.29, 0.717) is 6.10 Å². The average molecular weight is 116 g/mol. The molecule has 0 spiro atoms. The lowest BCUT2D eigenvalue weighted by molar-refractivity contribution is 0.241. The average Bonchev–Trinajstić information content (AvgIpc) is 2.48. The number of aliphatic hydroxyl groups is 1. The molecule has 0 aromatic heterocycles. The molecule has 48 valence electrons. The number of aliphatic hydroxyl groups excluding tert-OH is 1. The maximum absolute atomic E-state index is 8.48. The van der Waals surface area contributed by atoms with Crippen molar-refractivity contribution in [2.24, 2.45) is 0 Å². The molecule has 0 aliphatic carbocycles. The first-order valence-corrected chi connectivity index (χ1v) is 3.14. The van der Waals surface area contributed by atoms with Crippen LogP contribution in [-0.4, -0.2) is 23.9 Å². The van der Waals surface area contributed by atoms with Crippen LogP contribution in [0, 0.1) is 0 Å². The first-order valence-electron chi connectivity index (χ1n) is 3.14. The van der Waals surface area contributed by atoms with E-state index >= 15 is 0 Å². The zero-order valence-corrected chi connectivity index (χ0v) is 5.13. The topological polar surface area (TPSA) is 32.8 Å². The van der Waals surface area contributed by atoms with Crippen LogP contribution in [0.2, 0.25) is 0 Å². The summed E-state index contributed by atoms with van der Waals surface area (Å²) in [5, 5.41) is 8.48. The molecule has 0 unspecified atom stereocenters. The van der Waals surface area contributed by atoms with Crippen molar-refractivity contribution >= 4 is 0 Å². The van der Waals surface area contributed by atoms with Crippen LogP contribution in [0.3, 0.4) is 0 Å². The van der Waals surface area contributed by atoms with Crippen LogP contribution in [0.5, 0.6) is 0 Å². The summed E-state index contributed by atoms with van der Waals surface area (Å²) in [7, 11) is 0. The molecule has 0 radical (unpaired) electrons. The predicted molar refractivity (Wildman–Crippen MR) is 30.7 cm³/mol. The molecule has 1 rings (SSSR count). The molecule has 1 aliphatic heterocycles. The zero-order valence-electron chi connectivity index (χ0n) is 5.13. The Hall–Kier alpha value is -0.0800. The minimum atomic E-state index is 0.176. The maximum Gasteiger partial charge on any atom is 0.107 e. The summed E-state index contributed by atoms with van der Waals surface area (Å²) in [6, 6.07) is 0. The first kappa shape index (κ1) is 6.05. The highest BCUT2D eigenvalue weighted by atomic mass is 16.6. The molecular weight excluding hydrogens is 104 g/mol. The van der Waals surface area contributed by atoms with Gasteiger partial charge in [0.1, 0.15) is 6.10 Å². The van der Waals surface area contributed by atoms with Crippen LogP contribution in [-0.2, 0) is 4.74 Å². The van der Waals surface area contributed by atoms with Crippen molar-refractivity contribution in [2.75, 3.05) is 6.61 Å². The maximum atomic E-state index is 8.48. The summed E-state index contributed by atoms with van der Waals surface area (Å²) in [6.45, 7) is 2.32. The molecule has 0 bridgehead atoms. The Kier molecular flexibility index (Phi) is 1.86. The van der Waals surface area contributed by atoms with Gasteiger partial charge in [-0.25, -0.2) is 0 Å². The van der Waals surface area contributed by atoms with Gasteiger partial charge in [-0.1, -0.05) is 13.3 Å². The van der Waals surface area contributed by atoms with Crippen LogP contribution >= 0.6 is 0 Å². The van der Waals surface area contributed by atoms with Gasteiger partial charge in [-0.05, 0) is 6.42 Å². The molecule has 1 saturated heterocycles. The molecular formula is C6H12O2. The van der Waals surface area contributed by atoms with E-state index in [-0.39, 0.29) is 12.7 Å². The lowest BCUT2D eigenvalue weighted by atomic mass is 10.2. The molecule has 1 N–H and O–H groups in total. The Balaban J connectivity index is 1.99. The molecule has 2 atom stereocenters. The largest absolute Gasteiger partial charge is 0.394 e. The highest BCUT2D eigenvalue weighted by Crippen LogP contribution is 2.25. The van der Waals surface area contributed by atoms with E-state index in [1.807, 2.05) is 0 Å². The second-order valence-electron chi connectivity index (χ2n) is 2.18. The van der Waals surface area contributed by atoms with E-state index in [1.165, 1.54) is 0 Å². The number of hydrogen-bond acceptors (Lipinski definition) is 2. The van der Waals surface area contributed by atoms with Crippen LogP contribution in [0.1, 0.15) is 19.8 Å². The van der Waals surface area contributed by atoms with Crippen molar-refractivity contribution in [1.29, 1.82) is 0 Å². The highest BCUT2D eigenvalue weighted by molar-refractivity contribution is 4.82. The number of ether oxygens (including phenoxy) is 1. The van der Waals surface area contributed by atoms with Crippen molar-refractivity contribution in [3.63, 3.8) is 0 Å². The van der Waals surface area contributed by atoms with Crippen LogP contribution in [0.4, 0.5) is 0 Å². The SMILES string of the molecule is CCC[C@H]1O[C@H]1CO. The van der Waals surface area contributed by atoms with Crippen LogP contribution in [0.15, 0.2) is 0 Å². The van der Waals surface area contributed by atoms with Gasteiger partial charge in [-0.15, -0.1) is 0 Å². The molecule has 1 aliphatic rings. The van der Waals surface area contributed by atoms with E-state index in [0.717, 1.165) is 12.8 Å². The lowest BCUT2D eigenvalue weighted by Gasteiger charge is -1.84. The fraction of sp³-hybridized carbons (Fsp3) is 1.00. The van der Waals surface area contributed by atoms with Crippen molar-refractivity contribution in [1.82, 2.24) is 0 Å². The quantitative estimate of drug-likeness (QED) is 0.546. The Labute approximate surface area is 49.5 Å². The minimum Gasteiger partial charge on any atom is -0.394 e. The monoisotopic (exact) mass is 116 g/mol. The summed E-state index contributed by atoms with van der Waals surface area (Å²) in [5.74, 6) is 0. The summed E-state index contributed by atoms with van der Waals surface area (Å²) < 4.78 is 5.06. The van der Waals surface area contributed by atoms with Crippen molar-refractivity contribution in [2.45, 2.75) is 32.0 Å². The molecule has 1 heterocycles. The van der Waals surface area contributed by atoms with E-state index in [9.17, 15) is 0 Å². The second kappa shape index (κ2) is 2.46. The van der Waals surface area contributed by atoms with Gasteiger partial charge in [0.25, 0.3) is 0 Å². The molecule has 0 aromatic carbocycles. The van der Waals surface area contributed by atoms with Crippen molar-refractivity contribution < 1.29 is 9.84 Å². The van der Waals surface area contributed by atoms with Gasteiger partial charge in [0.05, 0.1) is 12.7 Å². The van der Waals surface area contributed by atoms with Crippen LogP contribution < -0.4 is 0 Å². The molecule has 0 saturated carbocycles. The van der Waals surface area contributed by atoms with Gasteiger partial charge in [-0.3, -0.25) is 0 Å². The molecule has 1 fully saturated rings. The Morgan fingerprint density at radius 1 is 1.50 bits per heavy atom. The van der Waals surface area contributed by atoms with Gasteiger partial charge < -0.3 is 9.84 Å². The molecule has 8 heavy (non-hydrogen) atoms. The molecule has 2 heteroatoms. The lowest BCUT2D eigenvalue weighted by Crippen LogP contribution is -1.97. The molecule has 0 amide bonds. The third kappa shape index (κ3) is 1.20. The predicted octanol–water partition coefficient (Wildman–Crippen LogP) is 0.546. The fourth-order valence-corrected chi connectivity index (χ4v) is 0.878. The van der Waals surface area contributed by atoms with Gasteiger partial charge >= 0.3 is 0 Å². The smallest absolute Gasteiger partial charge is 0.107 e. The molecule has 0 aromatic rings. The van der Waals surface area contributed by atoms with E-state index in [1.54, 1.807) is 0 Å². The van der Waals surface area contributed by atoms with E-state index < -0.39 is 0 Å². The summed E-state index contributed by atoms with van der Waals surface area (Å²) >= 11 is 0. The summed E-state index contributed by atoms with van der Waals surface area (Å²) in [6.07, 6.45) is 2.81. The third-order valence-corrected chi connectivity index (χ3v) is 1.44. The minimum absolute atomic E-state index is 0.176. The Bertz CT molecular complexity index is 72.9. The Morgan fingerprint density at radius 2 is 2.25 bits per heavy atom. The highest BCUT2D eigenvalue weighted by Gasteiger charge is 2.36. The molecule has 2 nitrogen and oxygen atoms in total. The van der Waals surface area contributed by atoms with Crippen molar-refractivity contribution in [3.05, 3.63) is 0 Å².